The zero-order valence-corrected chi connectivity index (χ0v) is 18.3. The lowest BCUT2D eigenvalue weighted by molar-refractivity contribution is -0.131. The molecule has 0 spiro atoms. The second-order valence-corrected chi connectivity index (χ2v) is 7.14. The zero-order valence-electron chi connectivity index (χ0n) is 18.3. The lowest BCUT2D eigenvalue weighted by atomic mass is 10.1. The molecule has 0 aliphatic heterocycles. The fourth-order valence-corrected chi connectivity index (χ4v) is 3.04. The highest BCUT2D eigenvalue weighted by molar-refractivity contribution is 5.79. The molecule has 160 valence electrons. The van der Waals surface area contributed by atoms with Crippen LogP contribution >= 0.6 is 0 Å². The molecule has 0 heterocycles. The van der Waals surface area contributed by atoms with Crippen molar-refractivity contribution in [3.63, 3.8) is 0 Å². The van der Waals surface area contributed by atoms with Gasteiger partial charge in [-0.25, -0.2) is 0 Å². The Morgan fingerprint density at radius 3 is 2.00 bits per heavy atom. The van der Waals surface area contributed by atoms with E-state index < -0.39 is 0 Å². The Labute approximate surface area is 178 Å². The Morgan fingerprint density at radius 2 is 1.53 bits per heavy atom. The first-order chi connectivity index (χ1) is 14.4. The Balaban J connectivity index is 2.23. The molecule has 0 N–H and O–H groups in total. The second kappa shape index (κ2) is 11.1. The van der Waals surface area contributed by atoms with Gasteiger partial charge >= 0.3 is 0 Å². The van der Waals surface area contributed by atoms with E-state index in [1.165, 1.54) is 0 Å². The normalized spacial score (nSPS) is 10.4. The van der Waals surface area contributed by atoms with Crippen LogP contribution in [0.5, 0.6) is 17.2 Å². The van der Waals surface area contributed by atoms with Gasteiger partial charge in [-0.15, -0.1) is 0 Å². The van der Waals surface area contributed by atoms with E-state index in [0.717, 1.165) is 17.7 Å². The van der Waals surface area contributed by atoms with Crippen molar-refractivity contribution in [2.75, 3.05) is 48.5 Å². The first-order valence-corrected chi connectivity index (χ1v) is 9.62. The number of carbonyl (C=O) groups is 1. The molecule has 0 saturated heterocycles. The molecule has 0 saturated carbocycles. The fourth-order valence-electron chi connectivity index (χ4n) is 3.04. The minimum Gasteiger partial charge on any atom is -0.493 e. The number of methoxy groups -OCH3 is 3. The minimum absolute atomic E-state index is 0.00418. The van der Waals surface area contributed by atoms with Gasteiger partial charge in [-0.2, -0.15) is 5.26 Å². The van der Waals surface area contributed by atoms with Gasteiger partial charge < -0.3 is 24.0 Å². The van der Waals surface area contributed by atoms with Crippen molar-refractivity contribution in [3.05, 3.63) is 53.1 Å². The SMILES string of the molecule is COc1cc(CC(=O)N(CCN(C)C)Cc2ccc(C#N)cc2)cc(OC)c1OC. The van der Waals surface area contributed by atoms with Gasteiger partial charge in [0.2, 0.25) is 11.7 Å². The Bertz CT molecular complexity index is 863. The highest BCUT2D eigenvalue weighted by Crippen LogP contribution is 2.38. The summed E-state index contributed by atoms with van der Waals surface area (Å²) in [5.41, 5.74) is 2.36. The number of benzene rings is 2. The van der Waals surface area contributed by atoms with Gasteiger partial charge in [0.05, 0.1) is 39.4 Å². The van der Waals surface area contributed by atoms with Crippen LogP contribution in [-0.4, -0.2) is 64.2 Å². The van der Waals surface area contributed by atoms with Crippen LogP contribution in [0.2, 0.25) is 0 Å². The standard InChI is InChI=1S/C23H29N3O4/c1-25(2)10-11-26(16-18-8-6-17(15-24)7-9-18)22(27)14-19-12-20(28-3)23(30-5)21(13-19)29-4/h6-9,12-13H,10-11,14,16H2,1-5H3. The molecule has 0 aliphatic carbocycles. The van der Waals surface area contributed by atoms with Crippen molar-refractivity contribution in [2.24, 2.45) is 0 Å². The number of hydrogen-bond acceptors (Lipinski definition) is 6. The average Bonchev–Trinajstić information content (AvgIpc) is 2.75. The average molecular weight is 412 g/mol. The van der Waals surface area contributed by atoms with E-state index in [1.807, 2.05) is 36.0 Å². The maximum Gasteiger partial charge on any atom is 0.227 e. The van der Waals surface area contributed by atoms with Crippen molar-refractivity contribution in [1.82, 2.24) is 9.80 Å². The van der Waals surface area contributed by atoms with Gasteiger partial charge in [0.25, 0.3) is 0 Å². The van der Waals surface area contributed by atoms with Gasteiger partial charge in [0.15, 0.2) is 11.5 Å². The molecule has 30 heavy (non-hydrogen) atoms. The molecule has 0 aliphatic rings. The summed E-state index contributed by atoms with van der Waals surface area (Å²) in [6.45, 7) is 1.82. The predicted octanol–water partition coefficient (Wildman–Crippen LogP) is 2.72. The largest absolute Gasteiger partial charge is 0.493 e. The summed E-state index contributed by atoms with van der Waals surface area (Å²) in [5.74, 6) is 1.53. The maximum atomic E-state index is 13.1. The molecule has 2 aromatic carbocycles. The molecule has 7 nitrogen and oxygen atoms in total. The van der Waals surface area contributed by atoms with E-state index in [1.54, 1.807) is 45.6 Å². The van der Waals surface area contributed by atoms with Crippen molar-refractivity contribution < 1.29 is 19.0 Å². The molecule has 0 bridgehead atoms. The van der Waals surface area contributed by atoms with Crippen LogP contribution in [-0.2, 0) is 17.8 Å². The van der Waals surface area contributed by atoms with Crippen molar-refractivity contribution in [3.8, 4) is 23.3 Å². The summed E-state index contributed by atoms with van der Waals surface area (Å²) in [6.07, 6.45) is 0.209. The van der Waals surface area contributed by atoms with Gasteiger partial charge in [0.1, 0.15) is 0 Å². The van der Waals surface area contributed by atoms with Gasteiger partial charge in [-0.3, -0.25) is 4.79 Å². The topological polar surface area (TPSA) is 75.0 Å². The number of rotatable bonds is 10. The minimum atomic E-state index is -0.00418. The quantitative estimate of drug-likeness (QED) is 0.598. The van der Waals surface area contributed by atoms with Crippen LogP contribution in [0.4, 0.5) is 0 Å². The highest BCUT2D eigenvalue weighted by Gasteiger charge is 2.19. The summed E-state index contributed by atoms with van der Waals surface area (Å²) in [4.78, 5) is 17.0. The Morgan fingerprint density at radius 1 is 0.933 bits per heavy atom. The summed E-state index contributed by atoms with van der Waals surface area (Å²) >= 11 is 0. The molecular weight excluding hydrogens is 382 g/mol. The molecule has 0 radical (unpaired) electrons. The lowest BCUT2D eigenvalue weighted by Crippen LogP contribution is -2.37. The predicted molar refractivity (Wildman–Crippen MR) is 115 cm³/mol. The van der Waals surface area contributed by atoms with Crippen LogP contribution in [0.3, 0.4) is 0 Å². The molecule has 0 fully saturated rings. The van der Waals surface area contributed by atoms with Crippen LogP contribution in [0.25, 0.3) is 0 Å². The first kappa shape index (κ1) is 23.0. The van der Waals surface area contributed by atoms with E-state index in [9.17, 15) is 4.79 Å². The maximum absolute atomic E-state index is 13.1. The van der Waals surface area contributed by atoms with Crippen molar-refractivity contribution in [1.29, 1.82) is 5.26 Å². The molecule has 0 aromatic heterocycles. The Kier molecular flexibility index (Phi) is 8.51. The van der Waals surface area contributed by atoms with E-state index in [0.29, 0.717) is 35.9 Å². The molecule has 2 aromatic rings. The van der Waals surface area contributed by atoms with Crippen molar-refractivity contribution >= 4 is 5.91 Å². The third-order valence-corrected chi connectivity index (χ3v) is 4.71. The number of likely N-dealkylation sites (N-methyl/N-ethyl adjacent to an activating group) is 1. The number of hydrogen-bond donors (Lipinski definition) is 0. The van der Waals surface area contributed by atoms with Crippen LogP contribution in [0, 0.1) is 11.3 Å². The van der Waals surface area contributed by atoms with Crippen LogP contribution in [0.1, 0.15) is 16.7 Å². The number of nitrogens with zero attached hydrogens (tertiary/aromatic N) is 3. The number of amides is 1. The van der Waals surface area contributed by atoms with E-state index in [4.69, 9.17) is 19.5 Å². The lowest BCUT2D eigenvalue weighted by Gasteiger charge is -2.25. The molecule has 2 rings (SSSR count). The molecule has 7 heteroatoms. The van der Waals surface area contributed by atoms with Crippen LogP contribution < -0.4 is 14.2 Å². The van der Waals surface area contributed by atoms with Gasteiger partial charge in [0, 0.05) is 19.6 Å². The first-order valence-electron chi connectivity index (χ1n) is 9.62. The third-order valence-electron chi connectivity index (χ3n) is 4.71. The summed E-state index contributed by atoms with van der Waals surface area (Å²) in [6, 6.07) is 13.0. The summed E-state index contributed by atoms with van der Waals surface area (Å²) in [5, 5.41) is 8.98. The summed E-state index contributed by atoms with van der Waals surface area (Å²) < 4.78 is 16.1. The van der Waals surface area contributed by atoms with Crippen molar-refractivity contribution in [2.45, 2.75) is 13.0 Å². The Hall–Kier alpha value is -3.24. The second-order valence-electron chi connectivity index (χ2n) is 7.14. The fraction of sp³-hybridized carbons (Fsp3) is 0.391. The molecule has 0 unspecified atom stereocenters. The van der Waals surface area contributed by atoms with Gasteiger partial charge in [-0.05, 0) is 49.5 Å². The van der Waals surface area contributed by atoms with E-state index in [-0.39, 0.29) is 12.3 Å². The molecule has 1 amide bonds. The smallest absolute Gasteiger partial charge is 0.227 e. The molecular formula is C23H29N3O4. The zero-order chi connectivity index (χ0) is 22.1. The highest BCUT2D eigenvalue weighted by atomic mass is 16.5. The number of ether oxygens (including phenoxy) is 3. The van der Waals surface area contributed by atoms with E-state index >= 15 is 0 Å². The van der Waals surface area contributed by atoms with Crippen LogP contribution in [0.15, 0.2) is 36.4 Å². The number of nitriles is 1. The van der Waals surface area contributed by atoms with E-state index in [2.05, 4.69) is 6.07 Å². The third kappa shape index (κ3) is 6.13. The molecule has 0 atom stereocenters. The van der Waals surface area contributed by atoms with Gasteiger partial charge in [-0.1, -0.05) is 12.1 Å². The summed E-state index contributed by atoms with van der Waals surface area (Å²) in [7, 11) is 8.60. The monoisotopic (exact) mass is 411 g/mol. The number of carbonyl (C=O) groups excluding carboxylic acids is 1.